The van der Waals surface area contributed by atoms with E-state index in [0.29, 0.717) is 0 Å². The lowest BCUT2D eigenvalue weighted by atomic mass is 9.45. The number of carbonyl (C=O) groups is 7. The molecule has 3 aromatic rings. The Balaban J connectivity index is 1.61. The van der Waals surface area contributed by atoms with Crippen LogP contribution in [0.15, 0.2) is 73.2 Å². The number of cyclic esters (lactones) is 1. The first-order valence-corrected chi connectivity index (χ1v) is 20.5. The van der Waals surface area contributed by atoms with Crippen molar-refractivity contribution in [3.63, 3.8) is 0 Å². The molecule has 0 unspecified atom stereocenters. The average Bonchev–Trinajstić information content (AvgIpc) is 3.49. The maximum atomic E-state index is 14.5. The van der Waals surface area contributed by atoms with Crippen LogP contribution in [-0.2, 0) is 57.1 Å². The SMILES string of the molecule is CC(=O)OC[C@@]12[C@H](OC(=O)c3cccnc3)[C@@H](O)[C@@H]3OC(=O)[C@@H](C)[C@H](C)c4ncccc4C(=O)OC[C@]4(C)O[C@@]1([C@H](OC(=O)c1ccccc1)[C@@H]4[C@@H](OC(C)=O)[C@@H]2OC(C)=O)[C@@]3(C)O. The number of benzene rings is 1. The molecule has 340 valence electrons. The summed E-state index contributed by atoms with van der Waals surface area (Å²) in [5, 5.41) is 26.4. The second-order valence-electron chi connectivity index (χ2n) is 16.9. The first-order valence-electron chi connectivity index (χ1n) is 20.5. The number of pyridine rings is 2. The van der Waals surface area contributed by atoms with E-state index in [9.17, 15) is 43.8 Å². The molecule has 4 aliphatic rings. The van der Waals surface area contributed by atoms with Gasteiger partial charge in [-0.2, -0.15) is 0 Å². The molecule has 2 aliphatic carbocycles. The number of aliphatic hydroxyl groups excluding tert-OH is 1. The van der Waals surface area contributed by atoms with Crippen LogP contribution in [-0.4, -0.2) is 129 Å². The highest BCUT2D eigenvalue weighted by molar-refractivity contribution is 5.92. The van der Waals surface area contributed by atoms with Crippen molar-refractivity contribution in [3.8, 4) is 0 Å². The lowest BCUT2D eigenvalue weighted by Gasteiger charge is -2.67. The van der Waals surface area contributed by atoms with Crippen molar-refractivity contribution in [2.75, 3.05) is 13.2 Å². The Kier molecular flexibility index (Phi) is 12.1. The van der Waals surface area contributed by atoms with Gasteiger partial charge in [0.1, 0.15) is 54.2 Å². The molecule has 64 heavy (non-hydrogen) atoms. The highest BCUT2D eigenvalue weighted by atomic mass is 16.7. The molecular formula is C45H48N2O17. The van der Waals surface area contributed by atoms with Crippen molar-refractivity contribution in [2.24, 2.45) is 17.3 Å². The minimum atomic E-state index is -2.89. The highest BCUT2D eigenvalue weighted by Gasteiger charge is 2.91. The van der Waals surface area contributed by atoms with Crippen LogP contribution in [0.25, 0.3) is 0 Å². The number of carbonyl (C=O) groups excluding carboxylic acids is 7. The van der Waals surface area contributed by atoms with E-state index in [1.165, 1.54) is 62.6 Å². The third-order valence-corrected chi connectivity index (χ3v) is 12.9. The largest absolute Gasteiger partial charge is 0.465 e. The second kappa shape index (κ2) is 17.0. The molecule has 19 heteroatoms. The van der Waals surface area contributed by atoms with Gasteiger partial charge in [0.15, 0.2) is 17.8 Å². The molecule has 13 atom stereocenters. The molecule has 1 saturated heterocycles. The maximum Gasteiger partial charge on any atom is 0.340 e. The number of rotatable bonds is 8. The average molecular weight is 889 g/mol. The number of nitrogens with zero attached hydrogens (tertiary/aromatic N) is 2. The van der Waals surface area contributed by atoms with Gasteiger partial charge < -0.3 is 48.1 Å². The fraction of sp³-hybridized carbons (Fsp3) is 0.489. The molecule has 2 aliphatic heterocycles. The van der Waals surface area contributed by atoms with E-state index in [0.717, 1.165) is 33.9 Å². The van der Waals surface area contributed by atoms with Gasteiger partial charge in [0, 0.05) is 45.3 Å². The van der Waals surface area contributed by atoms with Crippen molar-refractivity contribution in [3.05, 3.63) is 95.6 Å². The monoisotopic (exact) mass is 888 g/mol. The van der Waals surface area contributed by atoms with Gasteiger partial charge in [0.25, 0.3) is 0 Å². The Morgan fingerprint density at radius 2 is 1.42 bits per heavy atom. The highest BCUT2D eigenvalue weighted by Crippen LogP contribution is 2.70. The minimum Gasteiger partial charge on any atom is -0.465 e. The predicted molar refractivity (Wildman–Crippen MR) is 214 cm³/mol. The summed E-state index contributed by atoms with van der Waals surface area (Å²) in [6, 6.07) is 13.2. The summed E-state index contributed by atoms with van der Waals surface area (Å²) < 4.78 is 49.7. The van der Waals surface area contributed by atoms with Crippen LogP contribution in [0.5, 0.6) is 0 Å². The van der Waals surface area contributed by atoms with Gasteiger partial charge in [0.2, 0.25) is 0 Å². The molecule has 2 N–H and O–H groups in total. The first-order chi connectivity index (χ1) is 30.2. The number of aliphatic hydroxyl groups is 2. The van der Waals surface area contributed by atoms with Crippen LogP contribution in [0.3, 0.4) is 0 Å². The Hall–Kier alpha value is -6.31. The van der Waals surface area contributed by atoms with Crippen molar-refractivity contribution < 1.29 is 81.7 Å². The van der Waals surface area contributed by atoms with E-state index >= 15 is 0 Å². The normalized spacial score (nSPS) is 35.3. The van der Waals surface area contributed by atoms with E-state index < -0.39 is 132 Å². The quantitative estimate of drug-likeness (QED) is 0.243. The van der Waals surface area contributed by atoms with Gasteiger partial charge in [-0.3, -0.25) is 29.1 Å². The summed E-state index contributed by atoms with van der Waals surface area (Å²) >= 11 is 0. The number of esters is 7. The van der Waals surface area contributed by atoms with Crippen molar-refractivity contribution in [1.29, 1.82) is 0 Å². The topological polar surface area (TPSA) is 260 Å². The molecule has 0 radical (unpaired) electrons. The molecule has 1 aromatic carbocycles. The van der Waals surface area contributed by atoms with Crippen molar-refractivity contribution in [2.45, 2.75) is 108 Å². The Morgan fingerprint density at radius 1 is 0.781 bits per heavy atom. The summed E-state index contributed by atoms with van der Waals surface area (Å²) in [5.41, 5.74) is -10.6. The van der Waals surface area contributed by atoms with E-state index in [4.69, 9.17) is 37.9 Å². The summed E-state index contributed by atoms with van der Waals surface area (Å²) in [6.45, 7) is 6.68. The standard InChI is InChI=1S/C45H48N2O17/c1-22-23(2)38(52)62-35-32(51)36(63-40(54)28-15-11-17-46-19-28)44(21-57-24(3)48)37(60-26(5)50)33(59-25(4)49)30-34(61-39(53)27-13-9-8-10-14-27)45(44,43(35,7)56)64-42(30,6)20-58-41(55)29-16-12-18-47-31(22)29/h8-19,22-23,30,32-37,51,56H,20-21H2,1-7H3/t22-,23-,30-,32-,33+,34+,35-,36+,37-,42-,43-,44-,45-/m0/s1. The smallest absolute Gasteiger partial charge is 0.340 e. The molecule has 2 aromatic heterocycles. The van der Waals surface area contributed by atoms with E-state index in [1.807, 2.05) is 0 Å². The molecule has 19 nitrogen and oxygen atoms in total. The van der Waals surface area contributed by atoms with Gasteiger partial charge in [0.05, 0.1) is 34.2 Å². The Labute approximate surface area is 366 Å². The molecule has 4 bridgehead atoms. The zero-order chi connectivity index (χ0) is 46.5. The predicted octanol–water partition coefficient (Wildman–Crippen LogP) is 2.45. The molecule has 0 amide bonds. The summed E-state index contributed by atoms with van der Waals surface area (Å²) in [7, 11) is 0. The van der Waals surface area contributed by atoms with Gasteiger partial charge in [-0.15, -0.1) is 0 Å². The number of hydrogen-bond donors (Lipinski definition) is 2. The lowest BCUT2D eigenvalue weighted by molar-refractivity contribution is -0.384. The van der Waals surface area contributed by atoms with Crippen LogP contribution in [0.4, 0.5) is 0 Å². The molecule has 3 fully saturated rings. The fourth-order valence-corrected chi connectivity index (χ4v) is 10.0. The molecule has 4 heterocycles. The minimum absolute atomic E-state index is 0.0287. The van der Waals surface area contributed by atoms with Crippen LogP contribution >= 0.6 is 0 Å². The van der Waals surface area contributed by atoms with Crippen molar-refractivity contribution >= 4 is 41.8 Å². The lowest BCUT2D eigenvalue weighted by Crippen LogP contribution is -2.89. The van der Waals surface area contributed by atoms with Gasteiger partial charge in [-0.05, 0) is 50.2 Å². The third-order valence-electron chi connectivity index (χ3n) is 12.9. The number of ether oxygens (including phenoxy) is 8. The third kappa shape index (κ3) is 7.34. The van der Waals surface area contributed by atoms with Gasteiger partial charge >= 0.3 is 41.8 Å². The number of fused-ring (bicyclic) bond motifs is 5. The van der Waals surface area contributed by atoms with Crippen LogP contribution < -0.4 is 0 Å². The van der Waals surface area contributed by atoms with Gasteiger partial charge in [-0.1, -0.05) is 32.0 Å². The van der Waals surface area contributed by atoms with E-state index in [-0.39, 0.29) is 22.4 Å². The zero-order valence-corrected chi connectivity index (χ0v) is 36.0. The van der Waals surface area contributed by atoms with Crippen molar-refractivity contribution in [1.82, 2.24) is 9.97 Å². The summed E-state index contributed by atoms with van der Waals surface area (Å²) in [5.74, 6) is -10.9. The second-order valence-corrected chi connectivity index (χ2v) is 16.9. The first kappa shape index (κ1) is 45.7. The molecular weight excluding hydrogens is 840 g/mol. The Morgan fingerprint density at radius 3 is 2.06 bits per heavy atom. The maximum absolute atomic E-state index is 14.5. The van der Waals surface area contributed by atoms with Crippen LogP contribution in [0.2, 0.25) is 0 Å². The number of aromatic nitrogens is 2. The Bertz CT molecular complexity index is 2340. The van der Waals surface area contributed by atoms with Gasteiger partial charge in [-0.25, -0.2) is 14.4 Å². The number of hydrogen-bond acceptors (Lipinski definition) is 19. The van der Waals surface area contributed by atoms with Crippen LogP contribution in [0.1, 0.15) is 91.2 Å². The fourth-order valence-electron chi connectivity index (χ4n) is 10.0. The van der Waals surface area contributed by atoms with E-state index in [2.05, 4.69) is 9.97 Å². The molecule has 2 saturated carbocycles. The van der Waals surface area contributed by atoms with E-state index in [1.54, 1.807) is 25.1 Å². The molecule has 7 rings (SSSR count). The zero-order valence-electron chi connectivity index (χ0n) is 36.0. The van der Waals surface area contributed by atoms with Crippen LogP contribution in [0, 0.1) is 17.3 Å². The summed E-state index contributed by atoms with van der Waals surface area (Å²) in [6.07, 6.45) is -8.80. The molecule has 1 spiro atoms. The summed E-state index contributed by atoms with van der Waals surface area (Å²) in [4.78, 5) is 106.